The molecule has 1 heterocycles. The van der Waals surface area contributed by atoms with Gasteiger partial charge in [-0.1, -0.05) is 42.1 Å². The number of aromatic carboxylic acids is 1. The topological polar surface area (TPSA) is 130 Å². The molecule has 0 radical (unpaired) electrons. The van der Waals surface area contributed by atoms with E-state index in [9.17, 15) is 19.2 Å². The molecule has 3 rings (SSSR count). The van der Waals surface area contributed by atoms with Gasteiger partial charge in [0.05, 0.1) is 21.7 Å². The summed E-state index contributed by atoms with van der Waals surface area (Å²) in [5.41, 5.74) is 0.755. The molecule has 1 atom stereocenters. The molecule has 0 fully saturated rings. The van der Waals surface area contributed by atoms with Crippen LogP contribution in [0.4, 0.5) is 4.79 Å². The van der Waals surface area contributed by atoms with E-state index >= 15 is 0 Å². The lowest BCUT2D eigenvalue weighted by Gasteiger charge is -2.14. The van der Waals surface area contributed by atoms with Crippen molar-refractivity contribution in [2.45, 2.75) is 23.9 Å². The number of carboxylic acids is 1. The fourth-order valence-corrected chi connectivity index (χ4v) is 3.61. The van der Waals surface area contributed by atoms with Gasteiger partial charge >= 0.3 is 12.0 Å². The van der Waals surface area contributed by atoms with Crippen molar-refractivity contribution in [1.82, 2.24) is 20.2 Å². The molecular formula is C21H20N4O5S. The van der Waals surface area contributed by atoms with Crippen LogP contribution in [0.2, 0.25) is 0 Å². The summed E-state index contributed by atoms with van der Waals surface area (Å²) in [6.45, 7) is 1.85. The minimum absolute atomic E-state index is 0.00471. The third kappa shape index (κ3) is 5.28. The van der Waals surface area contributed by atoms with Gasteiger partial charge in [0.25, 0.3) is 5.56 Å². The Kier molecular flexibility index (Phi) is 6.71. The largest absolute Gasteiger partial charge is 0.478 e. The van der Waals surface area contributed by atoms with Crippen LogP contribution in [0.25, 0.3) is 10.9 Å². The maximum atomic E-state index is 12.6. The standard InChI is InChI=1S/C21H20N4O5S/c1-12(17(26)24-20(30)22-11-13-6-4-3-5-7-13)31-21-23-16-10-14(19(28)29)8-9-15(16)18(27)25(21)2/h3-10,12H,11H2,1-2H3,(H,28,29)(H2,22,24,26,30). The van der Waals surface area contributed by atoms with E-state index in [1.807, 2.05) is 30.3 Å². The lowest BCUT2D eigenvalue weighted by atomic mass is 10.1. The number of hydrogen-bond donors (Lipinski definition) is 3. The number of benzene rings is 2. The number of nitrogens with zero attached hydrogens (tertiary/aromatic N) is 2. The highest BCUT2D eigenvalue weighted by molar-refractivity contribution is 8.00. The first-order valence-corrected chi connectivity index (χ1v) is 10.2. The number of carbonyl (C=O) groups is 3. The number of imide groups is 1. The lowest BCUT2D eigenvalue weighted by Crippen LogP contribution is -2.42. The molecule has 31 heavy (non-hydrogen) atoms. The lowest BCUT2D eigenvalue weighted by molar-refractivity contribution is -0.119. The zero-order valence-electron chi connectivity index (χ0n) is 16.8. The molecule has 0 aliphatic carbocycles. The number of rotatable bonds is 6. The molecule has 0 bridgehead atoms. The molecule has 0 spiro atoms. The minimum Gasteiger partial charge on any atom is -0.478 e. The molecule has 3 N–H and O–H groups in total. The summed E-state index contributed by atoms with van der Waals surface area (Å²) in [7, 11) is 1.51. The normalized spacial score (nSPS) is 11.7. The van der Waals surface area contributed by atoms with Gasteiger partial charge in [-0.2, -0.15) is 0 Å². The van der Waals surface area contributed by atoms with Gasteiger partial charge < -0.3 is 10.4 Å². The van der Waals surface area contributed by atoms with Crippen LogP contribution in [0.1, 0.15) is 22.8 Å². The molecule has 10 heteroatoms. The zero-order valence-corrected chi connectivity index (χ0v) is 17.6. The van der Waals surface area contributed by atoms with Crippen LogP contribution < -0.4 is 16.2 Å². The summed E-state index contributed by atoms with van der Waals surface area (Å²) in [6.07, 6.45) is 0. The third-order valence-electron chi connectivity index (χ3n) is 4.47. The quantitative estimate of drug-likeness (QED) is 0.395. The number of thioether (sulfide) groups is 1. The van der Waals surface area contributed by atoms with Gasteiger partial charge in [0.15, 0.2) is 5.16 Å². The van der Waals surface area contributed by atoms with Crippen LogP contribution in [0, 0.1) is 0 Å². The second-order valence-corrected chi connectivity index (χ2v) is 8.02. The van der Waals surface area contributed by atoms with Crippen LogP contribution in [-0.4, -0.2) is 37.8 Å². The molecule has 0 saturated heterocycles. The Balaban J connectivity index is 1.69. The maximum Gasteiger partial charge on any atom is 0.335 e. The summed E-state index contributed by atoms with van der Waals surface area (Å²) in [5, 5.41) is 13.8. The van der Waals surface area contributed by atoms with Crippen LogP contribution in [0.5, 0.6) is 0 Å². The van der Waals surface area contributed by atoms with Crippen molar-refractivity contribution in [3.63, 3.8) is 0 Å². The SMILES string of the molecule is CC(Sc1nc2cc(C(=O)O)ccc2c(=O)n1C)C(=O)NC(=O)NCc1ccccc1. The number of amides is 3. The van der Waals surface area contributed by atoms with Crippen LogP contribution in [0.3, 0.4) is 0 Å². The molecule has 3 aromatic rings. The molecule has 2 aromatic carbocycles. The maximum absolute atomic E-state index is 12.6. The van der Waals surface area contributed by atoms with Gasteiger partial charge in [-0.05, 0) is 30.7 Å². The summed E-state index contributed by atoms with van der Waals surface area (Å²) < 4.78 is 1.28. The van der Waals surface area contributed by atoms with E-state index in [4.69, 9.17) is 5.11 Å². The summed E-state index contributed by atoms with van der Waals surface area (Å²) in [6, 6.07) is 12.7. The van der Waals surface area contributed by atoms with Crippen LogP contribution in [0.15, 0.2) is 58.5 Å². The van der Waals surface area contributed by atoms with Gasteiger partial charge in [0.1, 0.15) is 0 Å². The molecule has 1 aromatic heterocycles. The predicted molar refractivity (Wildman–Crippen MR) is 116 cm³/mol. The van der Waals surface area contributed by atoms with Crippen molar-refractivity contribution in [2.24, 2.45) is 7.05 Å². The zero-order chi connectivity index (χ0) is 22.5. The van der Waals surface area contributed by atoms with E-state index in [2.05, 4.69) is 15.6 Å². The van der Waals surface area contributed by atoms with Gasteiger partial charge in [-0.25, -0.2) is 14.6 Å². The highest BCUT2D eigenvalue weighted by atomic mass is 32.2. The van der Waals surface area contributed by atoms with Crippen molar-refractivity contribution < 1.29 is 19.5 Å². The first-order chi connectivity index (χ1) is 14.8. The molecule has 160 valence electrons. The molecule has 0 aliphatic rings. The van der Waals surface area contributed by atoms with Crippen molar-refractivity contribution >= 4 is 40.6 Å². The van der Waals surface area contributed by atoms with Crippen molar-refractivity contribution in [3.05, 3.63) is 70.0 Å². The van der Waals surface area contributed by atoms with Gasteiger partial charge in [-0.3, -0.25) is 19.5 Å². The van der Waals surface area contributed by atoms with E-state index in [-0.39, 0.29) is 33.7 Å². The predicted octanol–water partition coefficient (Wildman–Crippen LogP) is 2.14. The van der Waals surface area contributed by atoms with E-state index in [0.29, 0.717) is 0 Å². The molecule has 0 aliphatic heterocycles. The number of urea groups is 1. The van der Waals surface area contributed by atoms with E-state index in [1.54, 1.807) is 6.92 Å². The average molecular weight is 440 g/mol. The molecule has 3 amide bonds. The smallest absolute Gasteiger partial charge is 0.335 e. The van der Waals surface area contributed by atoms with Gasteiger partial charge in [0.2, 0.25) is 5.91 Å². The number of aromatic nitrogens is 2. The summed E-state index contributed by atoms with van der Waals surface area (Å²) >= 11 is 0.990. The Bertz CT molecular complexity index is 1210. The number of fused-ring (bicyclic) bond motifs is 1. The van der Waals surface area contributed by atoms with Crippen LogP contribution in [-0.2, 0) is 18.4 Å². The minimum atomic E-state index is -1.13. The molecule has 1 unspecified atom stereocenters. The number of carboxylic acid groups (broad SMARTS) is 1. The highest BCUT2D eigenvalue weighted by Crippen LogP contribution is 2.22. The monoisotopic (exact) mass is 440 g/mol. The average Bonchev–Trinajstić information content (AvgIpc) is 2.76. The second-order valence-electron chi connectivity index (χ2n) is 6.71. The Morgan fingerprint density at radius 1 is 1.16 bits per heavy atom. The van der Waals surface area contributed by atoms with E-state index in [1.165, 1.54) is 29.8 Å². The van der Waals surface area contributed by atoms with Crippen LogP contribution >= 0.6 is 11.8 Å². The van der Waals surface area contributed by atoms with E-state index < -0.39 is 23.2 Å². The van der Waals surface area contributed by atoms with Gasteiger partial charge in [-0.15, -0.1) is 0 Å². The number of nitrogens with one attached hydrogen (secondary N) is 2. The number of carbonyl (C=O) groups excluding carboxylic acids is 2. The fourth-order valence-electron chi connectivity index (χ4n) is 2.74. The fraction of sp³-hybridized carbons (Fsp3) is 0.190. The van der Waals surface area contributed by atoms with Crippen molar-refractivity contribution in [2.75, 3.05) is 0 Å². The Morgan fingerprint density at radius 3 is 2.55 bits per heavy atom. The van der Waals surface area contributed by atoms with E-state index in [0.717, 1.165) is 17.3 Å². The third-order valence-corrected chi connectivity index (χ3v) is 5.61. The molecule has 9 nitrogen and oxygen atoms in total. The summed E-state index contributed by atoms with van der Waals surface area (Å²) in [4.78, 5) is 52.5. The number of hydrogen-bond acceptors (Lipinski definition) is 6. The second kappa shape index (κ2) is 9.43. The molecule has 0 saturated carbocycles. The summed E-state index contributed by atoms with van der Waals surface area (Å²) in [5.74, 6) is -1.68. The first-order valence-electron chi connectivity index (χ1n) is 9.29. The Labute approximate surface area is 181 Å². The van der Waals surface area contributed by atoms with Crippen molar-refractivity contribution in [1.29, 1.82) is 0 Å². The Morgan fingerprint density at radius 2 is 1.87 bits per heavy atom. The van der Waals surface area contributed by atoms with Crippen molar-refractivity contribution in [3.8, 4) is 0 Å². The highest BCUT2D eigenvalue weighted by Gasteiger charge is 2.20. The Hall–Kier alpha value is -3.66. The van der Waals surface area contributed by atoms with Gasteiger partial charge in [0, 0.05) is 13.6 Å². The first kappa shape index (κ1) is 22.0. The molecular weight excluding hydrogens is 420 g/mol.